The standard InChI is InChI=1S/C26H36N2O6S.C14H21NO4S.C12H15NO2/c1-20(29)27-25(17-21-9-5-3-6-10-21)26(30)18-28(34-19-22-11-7-4-8-12-22)35(31,32)24-15-13-23(33-2)14-16-24;1-18-13-7-9-14(10-8-13)20(16,17)15-19-11-12-5-3-2-4-6-12;1-9(14)13-11(12-8-15-12)7-10-5-3-2-4-6-10/h3,5-6,9-10,13-16,22,25-26,30H,4,7-8,11-12,17-19H2,1-2H3,(H,27,29);7-10,12,15H,2-6,11H2,1H3;2-6,11-12H,7-8H2,1H3,(H,13,14). The van der Waals surface area contributed by atoms with E-state index in [0.717, 1.165) is 61.6 Å². The zero-order valence-electron chi connectivity index (χ0n) is 40.9. The van der Waals surface area contributed by atoms with Crippen molar-refractivity contribution < 1.29 is 55.4 Å². The van der Waals surface area contributed by atoms with Gasteiger partial charge in [0.25, 0.3) is 20.0 Å². The molecule has 7 rings (SSSR count). The SMILES string of the molecule is CC(=O)NC(Cc1ccccc1)C1CO1.COc1ccc(S(=O)(=O)N(CC(O)C(Cc2ccccc2)NC(C)=O)OCC2CCCCC2)cc1.COc1ccc(S(=O)(=O)NOCC2CCCCC2)cc1. The van der Waals surface area contributed by atoms with E-state index in [1.807, 2.05) is 48.5 Å². The Kier molecular flexibility index (Phi) is 23.0. The van der Waals surface area contributed by atoms with Crippen molar-refractivity contribution in [3.05, 3.63) is 120 Å². The van der Waals surface area contributed by atoms with Gasteiger partial charge in [-0.25, -0.2) is 16.8 Å². The summed E-state index contributed by atoms with van der Waals surface area (Å²) in [5, 5.41) is 16.8. The van der Waals surface area contributed by atoms with E-state index in [9.17, 15) is 31.5 Å². The number of methoxy groups -OCH3 is 2. The summed E-state index contributed by atoms with van der Waals surface area (Å²) < 4.78 is 67.2. The molecule has 3 aliphatic rings. The van der Waals surface area contributed by atoms with Crippen molar-refractivity contribution in [2.24, 2.45) is 11.8 Å². The second-order valence-electron chi connectivity index (χ2n) is 18.0. The third-order valence-corrected chi connectivity index (χ3v) is 15.3. The van der Waals surface area contributed by atoms with Crippen LogP contribution in [0.15, 0.2) is 119 Å². The zero-order chi connectivity index (χ0) is 50.4. The Hall–Kier alpha value is -4.92. The number of rotatable bonds is 22. The fourth-order valence-corrected chi connectivity index (χ4v) is 10.5. The van der Waals surface area contributed by atoms with Crippen molar-refractivity contribution in [2.75, 3.05) is 40.6 Å². The lowest BCUT2D eigenvalue weighted by Crippen LogP contribution is -2.50. The number of nitrogens with zero attached hydrogens (tertiary/aromatic N) is 1. The molecule has 0 spiro atoms. The number of epoxide rings is 1. The summed E-state index contributed by atoms with van der Waals surface area (Å²) >= 11 is 0. The van der Waals surface area contributed by atoms with Gasteiger partial charge in [-0.3, -0.25) is 19.3 Å². The second kappa shape index (κ2) is 28.8. The highest BCUT2D eigenvalue weighted by molar-refractivity contribution is 7.89. The average molecular weight is 1010 g/mol. The van der Waals surface area contributed by atoms with Crippen molar-refractivity contribution >= 4 is 31.9 Å². The molecule has 1 heterocycles. The molecule has 4 unspecified atom stereocenters. The van der Waals surface area contributed by atoms with Gasteiger partial charge < -0.3 is 30.0 Å². The van der Waals surface area contributed by atoms with Crippen molar-refractivity contribution in [3.8, 4) is 11.5 Å². The Morgan fingerprint density at radius 3 is 1.60 bits per heavy atom. The third kappa shape index (κ3) is 19.4. The molecule has 16 nitrogen and oxygen atoms in total. The highest BCUT2D eigenvalue weighted by Crippen LogP contribution is 2.27. The van der Waals surface area contributed by atoms with Crippen LogP contribution in [-0.4, -0.2) is 103 Å². The summed E-state index contributed by atoms with van der Waals surface area (Å²) in [7, 11) is -4.64. The van der Waals surface area contributed by atoms with Crippen molar-refractivity contribution in [1.29, 1.82) is 0 Å². The predicted octanol–water partition coefficient (Wildman–Crippen LogP) is 6.92. The molecule has 4 aromatic carbocycles. The van der Waals surface area contributed by atoms with Gasteiger partial charge in [0.15, 0.2) is 0 Å². The Morgan fingerprint density at radius 1 is 0.657 bits per heavy atom. The van der Waals surface area contributed by atoms with Gasteiger partial charge in [0.05, 0.1) is 68.6 Å². The molecule has 4 aromatic rings. The largest absolute Gasteiger partial charge is 0.497 e. The monoisotopic (exact) mass is 1010 g/mol. The lowest BCUT2D eigenvalue weighted by Gasteiger charge is -2.30. The second-order valence-corrected chi connectivity index (χ2v) is 21.4. The van der Waals surface area contributed by atoms with Gasteiger partial charge in [-0.15, -0.1) is 0 Å². The number of ether oxygens (including phenoxy) is 3. The Bertz CT molecular complexity index is 2360. The van der Waals surface area contributed by atoms with Crippen LogP contribution in [0.5, 0.6) is 11.5 Å². The molecule has 3 fully saturated rings. The minimum Gasteiger partial charge on any atom is -0.497 e. The molecule has 18 heteroatoms. The van der Waals surface area contributed by atoms with Crippen LogP contribution in [0, 0.1) is 11.8 Å². The quantitative estimate of drug-likeness (QED) is 0.0467. The van der Waals surface area contributed by atoms with E-state index >= 15 is 0 Å². The summed E-state index contributed by atoms with van der Waals surface area (Å²) in [6, 6.07) is 31.2. The van der Waals surface area contributed by atoms with Gasteiger partial charge in [0, 0.05) is 13.8 Å². The molecule has 384 valence electrons. The first-order valence-corrected chi connectivity index (χ1v) is 27.1. The number of hydrogen-bond acceptors (Lipinski definition) is 12. The summed E-state index contributed by atoms with van der Waals surface area (Å²) in [5.74, 6) is 1.58. The summed E-state index contributed by atoms with van der Waals surface area (Å²) in [5.41, 5.74) is 2.14. The Morgan fingerprint density at radius 2 is 1.13 bits per heavy atom. The van der Waals surface area contributed by atoms with Gasteiger partial charge in [-0.05, 0) is 110 Å². The average Bonchev–Trinajstić information content (AvgIpc) is 4.22. The number of aliphatic hydroxyl groups excluding tert-OH is 1. The number of aliphatic hydroxyl groups is 1. The van der Waals surface area contributed by atoms with E-state index in [4.69, 9.17) is 23.9 Å². The van der Waals surface area contributed by atoms with Gasteiger partial charge in [0.1, 0.15) is 17.6 Å². The number of carbonyl (C=O) groups excluding carboxylic acids is 2. The number of nitrogens with one attached hydrogen (secondary N) is 3. The Labute approximate surface area is 414 Å². The lowest BCUT2D eigenvalue weighted by molar-refractivity contribution is -0.127. The molecule has 4 N–H and O–H groups in total. The number of carbonyl (C=O) groups is 2. The highest BCUT2D eigenvalue weighted by atomic mass is 32.2. The van der Waals surface area contributed by atoms with E-state index in [1.54, 1.807) is 31.2 Å². The topological polar surface area (TPSA) is 211 Å². The van der Waals surface area contributed by atoms with Crippen molar-refractivity contribution in [2.45, 2.75) is 125 Å². The first-order chi connectivity index (χ1) is 33.7. The zero-order valence-corrected chi connectivity index (χ0v) is 42.5. The number of amides is 2. The summed E-state index contributed by atoms with van der Waals surface area (Å²) in [4.78, 5) is 36.3. The number of hydrogen-bond donors (Lipinski definition) is 4. The van der Waals surface area contributed by atoms with Gasteiger partial charge in [-0.2, -0.15) is 0 Å². The summed E-state index contributed by atoms with van der Waals surface area (Å²) in [6.45, 7) is 4.05. The molecule has 1 aliphatic heterocycles. The molecule has 0 bridgehead atoms. The highest BCUT2D eigenvalue weighted by Gasteiger charge is 2.34. The van der Waals surface area contributed by atoms with Crippen molar-refractivity contribution in [3.63, 3.8) is 0 Å². The van der Waals surface area contributed by atoms with Crippen LogP contribution in [0.3, 0.4) is 0 Å². The van der Waals surface area contributed by atoms with Crippen LogP contribution >= 0.6 is 0 Å². The molecule has 4 atom stereocenters. The minimum atomic E-state index is -4.07. The minimum absolute atomic E-state index is 0.00595. The predicted molar refractivity (Wildman–Crippen MR) is 267 cm³/mol. The van der Waals surface area contributed by atoms with Crippen molar-refractivity contribution in [1.82, 2.24) is 20.0 Å². The maximum Gasteiger partial charge on any atom is 0.265 e. The first-order valence-electron chi connectivity index (χ1n) is 24.2. The molecular formula is C52H72N4O12S2. The summed E-state index contributed by atoms with van der Waals surface area (Å²) in [6.07, 6.45) is 11.5. The maximum absolute atomic E-state index is 13.5. The van der Waals surface area contributed by atoms with Crippen LogP contribution in [0.25, 0.3) is 0 Å². The van der Waals surface area contributed by atoms with E-state index in [2.05, 4.69) is 27.7 Å². The first kappa shape index (κ1) is 56.0. The van der Waals surface area contributed by atoms with E-state index in [0.29, 0.717) is 30.4 Å². The molecule has 0 radical (unpaired) electrons. The van der Waals surface area contributed by atoms with Crippen LogP contribution in [0.2, 0.25) is 0 Å². The van der Waals surface area contributed by atoms with E-state index in [-0.39, 0.29) is 52.8 Å². The molecule has 2 aliphatic carbocycles. The Balaban J connectivity index is 0.000000218. The lowest BCUT2D eigenvalue weighted by atomic mass is 9.90. The maximum atomic E-state index is 13.5. The fourth-order valence-electron chi connectivity index (χ4n) is 8.40. The fraction of sp³-hybridized carbons (Fsp3) is 0.500. The van der Waals surface area contributed by atoms with Crippen LogP contribution in [-0.2, 0) is 56.9 Å². The molecule has 1 saturated heterocycles. The van der Waals surface area contributed by atoms with E-state index in [1.165, 1.54) is 76.7 Å². The van der Waals surface area contributed by atoms with E-state index < -0.39 is 32.2 Å². The van der Waals surface area contributed by atoms with Gasteiger partial charge in [0.2, 0.25) is 11.8 Å². The molecule has 0 aromatic heterocycles. The smallest absolute Gasteiger partial charge is 0.265 e. The normalized spacial score (nSPS) is 17.6. The molecule has 2 amide bonds. The van der Waals surface area contributed by atoms with Gasteiger partial charge in [-0.1, -0.05) is 109 Å². The number of benzene rings is 4. The molecular weight excluding hydrogens is 937 g/mol. The molecule has 70 heavy (non-hydrogen) atoms. The van der Waals surface area contributed by atoms with Crippen LogP contribution < -0.4 is 25.0 Å². The van der Waals surface area contributed by atoms with Crippen LogP contribution in [0.4, 0.5) is 0 Å². The van der Waals surface area contributed by atoms with Gasteiger partial charge >= 0.3 is 0 Å². The number of hydroxylamine groups is 1. The molecule has 2 saturated carbocycles. The van der Waals surface area contributed by atoms with Crippen LogP contribution in [0.1, 0.15) is 89.2 Å². The number of sulfonamides is 2. The third-order valence-electron chi connectivity index (χ3n) is 12.4.